The Hall–Kier alpha value is -0.200. The van der Waals surface area contributed by atoms with Crippen molar-refractivity contribution in [1.29, 1.82) is 0 Å². The molecule has 1 heterocycles. The number of unbranched alkanes of at least 4 members (excludes halogenated alkanes) is 2. The number of thiol groups is 2. The van der Waals surface area contributed by atoms with Gasteiger partial charge in [0, 0.05) is 13.0 Å². The van der Waals surface area contributed by atoms with E-state index in [2.05, 4.69) is 49.1 Å². The van der Waals surface area contributed by atoms with Crippen LogP contribution >= 0.6 is 25.3 Å². The molecule has 4 nitrogen and oxygen atoms in total. The zero-order valence-corrected chi connectivity index (χ0v) is 12.3. The fourth-order valence-electron chi connectivity index (χ4n) is 1.82. The lowest BCUT2D eigenvalue weighted by molar-refractivity contribution is 0.169. The Bertz CT molecular complexity index is 317. The van der Waals surface area contributed by atoms with E-state index in [9.17, 15) is 0 Å². The van der Waals surface area contributed by atoms with Crippen LogP contribution in [0.2, 0.25) is 0 Å². The van der Waals surface area contributed by atoms with E-state index in [1.165, 1.54) is 0 Å². The van der Waals surface area contributed by atoms with E-state index in [-0.39, 0.29) is 0 Å². The minimum absolute atomic E-state index is 0.418. The molecular weight excluding hydrogens is 252 g/mol. The first-order chi connectivity index (χ1) is 8.03. The third kappa shape index (κ3) is 3.89. The number of nitrogens with zero attached hydrogens (tertiary/aromatic N) is 3. The van der Waals surface area contributed by atoms with Gasteiger partial charge in [-0.15, -0.1) is 25.3 Å². The lowest BCUT2D eigenvalue weighted by Gasteiger charge is -2.40. The van der Waals surface area contributed by atoms with Crippen molar-refractivity contribution in [2.24, 2.45) is 15.7 Å². The molecule has 0 aromatic heterocycles. The lowest BCUT2D eigenvalue weighted by Crippen LogP contribution is -2.58. The molecule has 0 bridgehead atoms. The second-order valence-electron chi connectivity index (χ2n) is 4.31. The van der Waals surface area contributed by atoms with Gasteiger partial charge in [0.05, 0.1) is 0 Å². The van der Waals surface area contributed by atoms with E-state index in [0.717, 1.165) is 38.6 Å². The minimum Gasteiger partial charge on any atom is -0.314 e. The molecule has 0 saturated carbocycles. The summed E-state index contributed by atoms with van der Waals surface area (Å²) in [6.07, 6.45) is 5.10. The van der Waals surface area contributed by atoms with Gasteiger partial charge in [-0.2, -0.15) is 4.99 Å². The molecule has 0 spiro atoms. The Morgan fingerprint density at radius 1 is 1.24 bits per heavy atom. The van der Waals surface area contributed by atoms with Crippen molar-refractivity contribution < 1.29 is 0 Å². The summed E-state index contributed by atoms with van der Waals surface area (Å²) in [4.78, 5) is 10.5. The summed E-state index contributed by atoms with van der Waals surface area (Å²) >= 11 is 8.58. The predicted octanol–water partition coefficient (Wildman–Crippen LogP) is 2.48. The number of aliphatic imine (C=N–C) groups is 2. The Morgan fingerprint density at radius 2 is 1.88 bits per heavy atom. The number of hydrogen-bond acceptors (Lipinski definition) is 4. The molecule has 0 radical (unpaired) electrons. The highest BCUT2D eigenvalue weighted by Gasteiger charge is 2.35. The van der Waals surface area contributed by atoms with Gasteiger partial charge in [0.25, 0.3) is 0 Å². The molecule has 6 heteroatoms. The number of hydrogen-bond donors (Lipinski definition) is 3. The van der Waals surface area contributed by atoms with Gasteiger partial charge in [-0.1, -0.05) is 26.7 Å². The molecular formula is C11H22N4S2. The summed E-state index contributed by atoms with van der Waals surface area (Å²) in [7, 11) is 0. The number of nitrogens with two attached hydrogens (primary N) is 1. The minimum atomic E-state index is -0.721. The van der Waals surface area contributed by atoms with Crippen LogP contribution in [0, 0.1) is 0 Å². The molecule has 2 N–H and O–H groups in total. The highest BCUT2D eigenvalue weighted by molar-refractivity contribution is 7.98. The molecule has 0 aromatic carbocycles. The van der Waals surface area contributed by atoms with Crippen LogP contribution in [0.25, 0.3) is 0 Å². The molecule has 98 valence electrons. The molecule has 17 heavy (non-hydrogen) atoms. The molecule has 0 amide bonds. The lowest BCUT2D eigenvalue weighted by atomic mass is 10.1. The maximum absolute atomic E-state index is 6.37. The maximum Gasteiger partial charge on any atom is 0.189 e. The van der Waals surface area contributed by atoms with Gasteiger partial charge in [0.1, 0.15) is 0 Å². The van der Waals surface area contributed by atoms with E-state index in [1.54, 1.807) is 0 Å². The van der Waals surface area contributed by atoms with Crippen molar-refractivity contribution in [2.45, 2.75) is 51.7 Å². The molecule has 0 fully saturated rings. The second kappa shape index (κ2) is 6.66. The monoisotopic (exact) mass is 274 g/mol. The first kappa shape index (κ1) is 14.9. The fraction of sp³-hybridized carbons (Fsp3) is 0.818. The van der Waals surface area contributed by atoms with Gasteiger partial charge >= 0.3 is 0 Å². The van der Waals surface area contributed by atoms with Crippen LogP contribution in [0.5, 0.6) is 0 Å². The Kier molecular flexibility index (Phi) is 5.82. The molecule has 0 aromatic rings. The highest BCUT2D eigenvalue weighted by Crippen LogP contribution is 2.25. The van der Waals surface area contributed by atoms with Gasteiger partial charge in [-0.25, -0.2) is 4.99 Å². The van der Waals surface area contributed by atoms with Crippen LogP contribution in [0.1, 0.15) is 46.0 Å². The standard InChI is InChI=1S/C11H22N4S2/c1-3-5-7-11(12)14-9(16)13-10(17)15(11)8-6-4-2/h3-8,12H2,1-2H3,(H2,13,14,16,17). The van der Waals surface area contributed by atoms with E-state index in [1.807, 2.05) is 4.90 Å². The largest absolute Gasteiger partial charge is 0.314 e. The average molecular weight is 274 g/mol. The normalized spacial score (nSPS) is 24.6. The van der Waals surface area contributed by atoms with Crippen LogP contribution in [0.3, 0.4) is 0 Å². The zero-order valence-electron chi connectivity index (χ0n) is 10.6. The van der Waals surface area contributed by atoms with Crippen LogP contribution in [-0.2, 0) is 0 Å². The van der Waals surface area contributed by atoms with Crippen LogP contribution in [0.15, 0.2) is 9.98 Å². The number of rotatable bonds is 6. The maximum atomic E-state index is 6.37. The van der Waals surface area contributed by atoms with Crippen molar-refractivity contribution in [3.63, 3.8) is 0 Å². The van der Waals surface area contributed by atoms with Crippen LogP contribution in [-0.4, -0.2) is 27.6 Å². The van der Waals surface area contributed by atoms with Crippen molar-refractivity contribution in [2.75, 3.05) is 6.54 Å². The van der Waals surface area contributed by atoms with Crippen LogP contribution in [0.4, 0.5) is 0 Å². The van der Waals surface area contributed by atoms with Gasteiger partial charge in [0.2, 0.25) is 0 Å². The Labute approximate surface area is 115 Å². The summed E-state index contributed by atoms with van der Waals surface area (Å²) < 4.78 is 0. The van der Waals surface area contributed by atoms with Crippen molar-refractivity contribution in [1.82, 2.24) is 4.90 Å². The Morgan fingerprint density at radius 3 is 2.47 bits per heavy atom. The van der Waals surface area contributed by atoms with E-state index < -0.39 is 5.79 Å². The smallest absolute Gasteiger partial charge is 0.189 e. The van der Waals surface area contributed by atoms with Gasteiger partial charge in [0.15, 0.2) is 16.1 Å². The highest BCUT2D eigenvalue weighted by atomic mass is 32.1. The summed E-state index contributed by atoms with van der Waals surface area (Å²) in [5, 5.41) is 1.04. The summed E-state index contributed by atoms with van der Waals surface area (Å²) in [5.74, 6) is -0.721. The van der Waals surface area contributed by atoms with Gasteiger partial charge in [-0.3, -0.25) is 5.73 Å². The predicted molar refractivity (Wildman–Crippen MR) is 80.9 cm³/mol. The molecule has 1 atom stereocenters. The van der Waals surface area contributed by atoms with E-state index in [4.69, 9.17) is 5.73 Å². The topological polar surface area (TPSA) is 54.0 Å². The van der Waals surface area contributed by atoms with Crippen molar-refractivity contribution >= 4 is 35.6 Å². The summed E-state index contributed by atoms with van der Waals surface area (Å²) in [5.41, 5.74) is 6.37. The first-order valence-electron chi connectivity index (χ1n) is 6.16. The third-order valence-corrected chi connectivity index (χ3v) is 3.38. The second-order valence-corrected chi connectivity index (χ2v) is 5.11. The quantitative estimate of drug-likeness (QED) is 0.652. The molecule has 1 aliphatic heterocycles. The van der Waals surface area contributed by atoms with E-state index >= 15 is 0 Å². The third-order valence-electron chi connectivity index (χ3n) is 2.84. The zero-order chi connectivity index (χ0) is 12.9. The molecule has 1 unspecified atom stereocenters. The van der Waals surface area contributed by atoms with Gasteiger partial charge < -0.3 is 4.90 Å². The summed E-state index contributed by atoms with van der Waals surface area (Å²) in [6, 6.07) is 0. The summed E-state index contributed by atoms with van der Waals surface area (Å²) in [6.45, 7) is 5.13. The van der Waals surface area contributed by atoms with Crippen molar-refractivity contribution in [3.05, 3.63) is 0 Å². The van der Waals surface area contributed by atoms with Gasteiger partial charge in [-0.05, 0) is 12.8 Å². The molecule has 1 aliphatic rings. The van der Waals surface area contributed by atoms with Crippen molar-refractivity contribution in [3.8, 4) is 0 Å². The molecule has 1 rings (SSSR count). The SMILES string of the molecule is CCCCN1C(S)=NC(S)=NC1(N)CCCC. The Balaban J connectivity index is 2.84. The van der Waals surface area contributed by atoms with Crippen LogP contribution < -0.4 is 5.73 Å². The van der Waals surface area contributed by atoms with E-state index in [0.29, 0.717) is 10.3 Å². The first-order valence-corrected chi connectivity index (χ1v) is 7.06. The molecule has 0 aliphatic carbocycles. The molecule has 0 saturated heterocycles. The number of amidine groups is 2. The fourth-order valence-corrected chi connectivity index (χ4v) is 2.53. The average Bonchev–Trinajstić information content (AvgIpc) is 2.25.